The highest BCUT2D eigenvalue weighted by molar-refractivity contribution is 7.98. The second-order valence-corrected chi connectivity index (χ2v) is 5.26. The van der Waals surface area contributed by atoms with E-state index in [-0.39, 0.29) is 0 Å². The number of rotatable bonds is 5. The van der Waals surface area contributed by atoms with Crippen molar-refractivity contribution in [3.8, 4) is 0 Å². The minimum atomic E-state index is -0.410. The van der Waals surface area contributed by atoms with E-state index in [9.17, 15) is 5.11 Å². The van der Waals surface area contributed by atoms with Crippen molar-refractivity contribution in [3.05, 3.63) is 48.0 Å². The molecule has 0 amide bonds. The van der Waals surface area contributed by atoms with Crippen LogP contribution in [0, 0.1) is 0 Å². The van der Waals surface area contributed by atoms with Gasteiger partial charge in [0.1, 0.15) is 0 Å². The van der Waals surface area contributed by atoms with Crippen LogP contribution in [0.1, 0.15) is 31.2 Å². The number of hydrogen-bond donors (Lipinski definition) is 1. The lowest BCUT2D eigenvalue weighted by molar-refractivity contribution is 0.199. The average Bonchev–Trinajstić information content (AvgIpc) is 2.84. The number of nitrogens with zero attached hydrogens (tertiary/aromatic N) is 2. The van der Waals surface area contributed by atoms with Gasteiger partial charge in [-0.15, -0.1) is 11.8 Å². The van der Waals surface area contributed by atoms with Crippen LogP contribution in [0.3, 0.4) is 0 Å². The van der Waals surface area contributed by atoms with Gasteiger partial charge in [0, 0.05) is 29.1 Å². The number of benzene rings is 1. The van der Waals surface area contributed by atoms with Crippen molar-refractivity contribution >= 4 is 11.8 Å². The molecule has 0 bridgehead atoms. The molecular weight excluding hydrogens is 244 g/mol. The topological polar surface area (TPSA) is 38.0 Å². The molecule has 1 aromatic heterocycles. The zero-order valence-corrected chi connectivity index (χ0v) is 11.5. The molecule has 18 heavy (non-hydrogen) atoms. The maximum atomic E-state index is 9.56. The first kappa shape index (κ1) is 13.2. The summed E-state index contributed by atoms with van der Waals surface area (Å²) in [5.41, 5.74) is 2.19. The highest BCUT2D eigenvalue weighted by atomic mass is 32.2. The fourth-order valence-corrected chi connectivity index (χ4v) is 2.72. The highest BCUT2D eigenvalue weighted by Crippen LogP contribution is 2.25. The second kappa shape index (κ2) is 6.07. The van der Waals surface area contributed by atoms with Crippen LogP contribution in [-0.4, -0.2) is 14.7 Å². The molecule has 3 nitrogen and oxygen atoms in total. The minimum absolute atomic E-state index is 0.410. The van der Waals surface area contributed by atoms with Crippen molar-refractivity contribution in [2.75, 3.05) is 0 Å². The monoisotopic (exact) mass is 262 g/mol. The molecule has 4 heteroatoms. The Bertz CT molecular complexity index is 508. The van der Waals surface area contributed by atoms with Crippen LogP contribution in [0.4, 0.5) is 0 Å². The Kier molecular flexibility index (Phi) is 4.44. The first-order chi connectivity index (χ1) is 8.70. The zero-order valence-electron chi connectivity index (χ0n) is 10.7. The van der Waals surface area contributed by atoms with Gasteiger partial charge in [-0.25, -0.2) is 4.98 Å². The molecule has 2 rings (SSSR count). The number of aromatic nitrogens is 2. The van der Waals surface area contributed by atoms with Gasteiger partial charge < -0.3 is 9.67 Å². The van der Waals surface area contributed by atoms with Crippen LogP contribution in [-0.2, 0) is 12.3 Å². The maximum absolute atomic E-state index is 9.56. The first-order valence-corrected chi connectivity index (χ1v) is 7.09. The highest BCUT2D eigenvalue weighted by Gasteiger charge is 2.04. The standard InChI is InChI=1S/C14H18N2OS/c1-3-16-10-15-8-13(16)9-18-14-6-4-5-12(7-14)11(2)17/h4-8,10-11,17H,3,9H2,1-2H3. The first-order valence-electron chi connectivity index (χ1n) is 6.10. The van der Waals surface area contributed by atoms with Crippen molar-refractivity contribution in [1.29, 1.82) is 0 Å². The molecule has 2 aromatic rings. The summed E-state index contributed by atoms with van der Waals surface area (Å²) >= 11 is 1.77. The minimum Gasteiger partial charge on any atom is -0.389 e. The van der Waals surface area contributed by atoms with Crippen molar-refractivity contribution in [1.82, 2.24) is 9.55 Å². The van der Waals surface area contributed by atoms with Gasteiger partial charge in [0.25, 0.3) is 0 Å². The summed E-state index contributed by atoms with van der Waals surface area (Å²) < 4.78 is 2.14. The van der Waals surface area contributed by atoms with Gasteiger partial charge in [-0.2, -0.15) is 0 Å². The smallest absolute Gasteiger partial charge is 0.0948 e. The van der Waals surface area contributed by atoms with E-state index in [0.29, 0.717) is 0 Å². The number of aliphatic hydroxyl groups is 1. The lowest BCUT2D eigenvalue weighted by atomic mass is 10.1. The van der Waals surface area contributed by atoms with Gasteiger partial charge in [0.05, 0.1) is 12.4 Å². The van der Waals surface area contributed by atoms with Gasteiger partial charge in [-0.05, 0) is 31.5 Å². The normalized spacial score (nSPS) is 12.6. The third-order valence-electron chi connectivity index (χ3n) is 2.87. The summed E-state index contributed by atoms with van der Waals surface area (Å²) in [6.45, 7) is 4.85. The van der Waals surface area contributed by atoms with Gasteiger partial charge >= 0.3 is 0 Å². The van der Waals surface area contributed by atoms with Gasteiger partial charge in [0.15, 0.2) is 0 Å². The van der Waals surface area contributed by atoms with Crippen molar-refractivity contribution in [3.63, 3.8) is 0 Å². The summed E-state index contributed by atoms with van der Waals surface area (Å²) in [6, 6.07) is 8.05. The molecule has 0 spiro atoms. The molecule has 1 N–H and O–H groups in total. The molecule has 0 aliphatic heterocycles. The Morgan fingerprint density at radius 3 is 3.00 bits per heavy atom. The fourth-order valence-electron chi connectivity index (χ4n) is 1.77. The van der Waals surface area contributed by atoms with Crippen LogP contribution >= 0.6 is 11.8 Å². The molecule has 0 saturated heterocycles. The van der Waals surface area contributed by atoms with Gasteiger partial charge in [-0.3, -0.25) is 0 Å². The molecular formula is C14H18N2OS. The Hall–Kier alpha value is -1.26. The molecule has 0 fully saturated rings. The van der Waals surface area contributed by atoms with Crippen LogP contribution in [0.25, 0.3) is 0 Å². The second-order valence-electron chi connectivity index (χ2n) is 4.21. The van der Waals surface area contributed by atoms with E-state index >= 15 is 0 Å². The summed E-state index contributed by atoms with van der Waals surface area (Å²) in [7, 11) is 0. The van der Waals surface area contributed by atoms with Crippen molar-refractivity contribution < 1.29 is 5.11 Å². The lowest BCUT2D eigenvalue weighted by Crippen LogP contribution is -1.97. The van der Waals surface area contributed by atoms with Crippen LogP contribution in [0.5, 0.6) is 0 Å². The Labute approximate surface area is 112 Å². The molecule has 0 aliphatic carbocycles. The SMILES string of the molecule is CCn1cncc1CSc1cccc(C(C)O)c1. The summed E-state index contributed by atoms with van der Waals surface area (Å²) in [5, 5.41) is 9.56. The number of imidazole rings is 1. The summed E-state index contributed by atoms with van der Waals surface area (Å²) in [4.78, 5) is 5.34. The molecule has 96 valence electrons. The number of hydrogen-bond acceptors (Lipinski definition) is 3. The predicted molar refractivity (Wildman–Crippen MR) is 74.5 cm³/mol. The largest absolute Gasteiger partial charge is 0.389 e. The molecule has 0 radical (unpaired) electrons. The van der Waals surface area contributed by atoms with Crippen LogP contribution in [0.2, 0.25) is 0 Å². The van der Waals surface area contributed by atoms with E-state index < -0.39 is 6.10 Å². The summed E-state index contributed by atoms with van der Waals surface area (Å²) in [6.07, 6.45) is 3.36. The van der Waals surface area contributed by atoms with E-state index in [1.165, 1.54) is 10.6 Å². The van der Waals surface area contributed by atoms with E-state index in [1.807, 2.05) is 30.7 Å². The predicted octanol–water partition coefficient (Wildman–Crippen LogP) is 3.25. The molecule has 1 heterocycles. The Morgan fingerprint density at radius 2 is 2.28 bits per heavy atom. The van der Waals surface area contributed by atoms with E-state index in [4.69, 9.17) is 0 Å². The van der Waals surface area contributed by atoms with Gasteiger partial charge in [0.2, 0.25) is 0 Å². The number of aliphatic hydroxyl groups excluding tert-OH is 1. The van der Waals surface area contributed by atoms with E-state index in [0.717, 1.165) is 17.9 Å². The molecule has 0 saturated carbocycles. The van der Waals surface area contributed by atoms with Crippen LogP contribution in [0.15, 0.2) is 41.7 Å². The quantitative estimate of drug-likeness (QED) is 0.841. The summed E-state index contributed by atoms with van der Waals surface area (Å²) in [5.74, 6) is 0.900. The molecule has 1 atom stereocenters. The molecule has 1 unspecified atom stereocenters. The Morgan fingerprint density at radius 1 is 1.44 bits per heavy atom. The lowest BCUT2D eigenvalue weighted by Gasteiger charge is -2.08. The van der Waals surface area contributed by atoms with Crippen molar-refractivity contribution in [2.45, 2.75) is 37.1 Å². The van der Waals surface area contributed by atoms with Crippen molar-refractivity contribution in [2.24, 2.45) is 0 Å². The third-order valence-corrected chi connectivity index (χ3v) is 3.89. The molecule has 0 aliphatic rings. The molecule has 1 aromatic carbocycles. The fraction of sp³-hybridized carbons (Fsp3) is 0.357. The number of thioether (sulfide) groups is 1. The van der Waals surface area contributed by atoms with Crippen LogP contribution < -0.4 is 0 Å². The van der Waals surface area contributed by atoms with Gasteiger partial charge in [-0.1, -0.05) is 12.1 Å². The zero-order chi connectivity index (χ0) is 13.0. The maximum Gasteiger partial charge on any atom is 0.0948 e. The third kappa shape index (κ3) is 3.15. The Balaban J connectivity index is 2.04. The van der Waals surface area contributed by atoms with E-state index in [2.05, 4.69) is 22.5 Å². The average molecular weight is 262 g/mol. The number of aryl methyl sites for hydroxylation is 1. The van der Waals surface area contributed by atoms with E-state index in [1.54, 1.807) is 18.7 Å².